The molecule has 1 aliphatic rings. The Labute approximate surface area is 116 Å². The highest BCUT2D eigenvalue weighted by Gasteiger charge is 2.16. The smallest absolute Gasteiger partial charge is 0.0958 e. The number of aromatic nitrogens is 2. The van der Waals surface area contributed by atoms with Crippen molar-refractivity contribution < 1.29 is 0 Å². The first-order chi connectivity index (χ1) is 8.88. The molecule has 0 spiro atoms. The van der Waals surface area contributed by atoms with E-state index in [1.54, 1.807) is 0 Å². The van der Waals surface area contributed by atoms with Crippen molar-refractivity contribution >= 4 is 32.9 Å². The Hall–Kier alpha value is -1.03. The van der Waals surface area contributed by atoms with Crippen LogP contribution in [0, 0.1) is 5.92 Å². The molecule has 0 unspecified atom stereocenters. The lowest BCUT2D eigenvalue weighted by molar-refractivity contribution is 0.322. The van der Waals surface area contributed by atoms with Crippen molar-refractivity contribution in [2.75, 3.05) is 4.34 Å². The molecule has 96 valence electrons. The molecule has 1 saturated carbocycles. The highest BCUT2D eigenvalue weighted by molar-refractivity contribution is 9.10. The second-order valence-corrected chi connectivity index (χ2v) is 5.57. The summed E-state index contributed by atoms with van der Waals surface area (Å²) in [4.78, 5) is 4.49. The molecule has 3 nitrogen and oxygen atoms in total. The molecule has 1 aromatic heterocycles. The fraction of sp³-hybridized carbons (Fsp3) is 0.500. The molecule has 2 aromatic rings. The van der Waals surface area contributed by atoms with Gasteiger partial charge in [-0.1, -0.05) is 25.3 Å². The van der Waals surface area contributed by atoms with Crippen LogP contribution in [-0.2, 0) is 6.54 Å². The maximum Gasteiger partial charge on any atom is 0.0958 e. The number of para-hydroxylation sites is 1. The Kier molecular flexibility index (Phi) is 3.55. The fourth-order valence-corrected chi connectivity index (χ4v) is 3.31. The number of imidazole rings is 1. The molecule has 0 atom stereocenters. The summed E-state index contributed by atoms with van der Waals surface area (Å²) in [6.07, 6.45) is 8.90. The molecule has 1 aromatic carbocycles. The monoisotopic (exact) mass is 307 g/mol. The minimum atomic E-state index is 0.819. The third kappa shape index (κ3) is 2.26. The molecule has 0 bridgehead atoms. The van der Waals surface area contributed by atoms with Gasteiger partial charge in [0.2, 0.25) is 0 Å². The van der Waals surface area contributed by atoms with Crippen LogP contribution in [0.5, 0.6) is 0 Å². The number of nitrogens with one attached hydrogen (secondary N) is 1. The van der Waals surface area contributed by atoms with Crippen LogP contribution in [0.1, 0.15) is 32.1 Å². The van der Waals surface area contributed by atoms with Crippen LogP contribution in [0.25, 0.3) is 11.0 Å². The molecule has 3 rings (SSSR count). The van der Waals surface area contributed by atoms with Gasteiger partial charge in [-0.2, -0.15) is 0 Å². The molecule has 1 N–H and O–H groups in total. The second kappa shape index (κ2) is 5.31. The van der Waals surface area contributed by atoms with E-state index in [-0.39, 0.29) is 0 Å². The topological polar surface area (TPSA) is 29.9 Å². The van der Waals surface area contributed by atoms with Gasteiger partial charge in [-0.15, -0.1) is 0 Å². The van der Waals surface area contributed by atoms with Crippen LogP contribution in [-0.4, -0.2) is 9.55 Å². The second-order valence-electron chi connectivity index (χ2n) is 5.17. The van der Waals surface area contributed by atoms with Crippen LogP contribution in [0.2, 0.25) is 0 Å². The number of benzene rings is 1. The Morgan fingerprint density at radius 1 is 1.28 bits per heavy atom. The average molecular weight is 308 g/mol. The number of nitrogens with zero attached hydrogens (tertiary/aromatic N) is 2. The zero-order valence-electron chi connectivity index (χ0n) is 10.4. The third-order valence-corrected chi connectivity index (χ3v) is 4.35. The summed E-state index contributed by atoms with van der Waals surface area (Å²) >= 11 is 3.33. The van der Waals surface area contributed by atoms with Gasteiger partial charge in [0.1, 0.15) is 0 Å². The van der Waals surface area contributed by atoms with Crippen molar-refractivity contribution in [2.45, 2.75) is 38.6 Å². The van der Waals surface area contributed by atoms with E-state index < -0.39 is 0 Å². The quantitative estimate of drug-likeness (QED) is 0.855. The van der Waals surface area contributed by atoms with Gasteiger partial charge in [-0.05, 0) is 30.9 Å². The van der Waals surface area contributed by atoms with Crippen LogP contribution in [0.4, 0.5) is 5.69 Å². The van der Waals surface area contributed by atoms with E-state index in [4.69, 9.17) is 0 Å². The van der Waals surface area contributed by atoms with E-state index in [2.05, 4.69) is 42.2 Å². The number of hydrogen-bond donors (Lipinski definition) is 1. The van der Waals surface area contributed by atoms with E-state index in [9.17, 15) is 0 Å². The zero-order chi connectivity index (χ0) is 12.4. The zero-order valence-corrected chi connectivity index (χ0v) is 12.0. The van der Waals surface area contributed by atoms with Gasteiger partial charge in [0.25, 0.3) is 0 Å². The Morgan fingerprint density at radius 2 is 2.11 bits per heavy atom. The lowest BCUT2D eigenvalue weighted by atomic mass is 9.89. The molecule has 0 radical (unpaired) electrons. The molecule has 0 aliphatic heterocycles. The first kappa shape index (κ1) is 12.0. The molecular weight excluding hydrogens is 290 g/mol. The van der Waals surface area contributed by atoms with Gasteiger partial charge in [0.15, 0.2) is 0 Å². The molecule has 4 heteroatoms. The van der Waals surface area contributed by atoms with Crippen molar-refractivity contribution in [1.29, 1.82) is 0 Å². The lowest BCUT2D eigenvalue weighted by Crippen LogP contribution is -2.13. The van der Waals surface area contributed by atoms with E-state index in [0.29, 0.717) is 0 Å². The van der Waals surface area contributed by atoms with Crippen LogP contribution in [0.3, 0.4) is 0 Å². The first-order valence-corrected chi connectivity index (χ1v) is 7.48. The van der Waals surface area contributed by atoms with E-state index >= 15 is 0 Å². The SMILES string of the molecule is BrNc1cccc2ncn(CC3CCCCC3)c12. The largest absolute Gasteiger partial charge is 0.329 e. The van der Waals surface area contributed by atoms with Gasteiger partial charge in [-0.3, -0.25) is 0 Å². The number of anilines is 1. The molecule has 1 aliphatic carbocycles. The van der Waals surface area contributed by atoms with E-state index in [0.717, 1.165) is 23.7 Å². The summed E-state index contributed by atoms with van der Waals surface area (Å²) in [6, 6.07) is 6.18. The summed E-state index contributed by atoms with van der Waals surface area (Å²) in [7, 11) is 0. The van der Waals surface area contributed by atoms with Crippen LogP contribution >= 0.6 is 16.1 Å². The summed E-state index contributed by atoms with van der Waals surface area (Å²) in [6.45, 7) is 1.10. The van der Waals surface area contributed by atoms with Crippen molar-refractivity contribution in [3.05, 3.63) is 24.5 Å². The number of rotatable bonds is 3. The van der Waals surface area contributed by atoms with Gasteiger partial charge >= 0.3 is 0 Å². The minimum absolute atomic E-state index is 0.819. The molecule has 18 heavy (non-hydrogen) atoms. The van der Waals surface area contributed by atoms with Crippen molar-refractivity contribution in [3.8, 4) is 0 Å². The van der Waals surface area contributed by atoms with Crippen LogP contribution in [0.15, 0.2) is 24.5 Å². The Morgan fingerprint density at radius 3 is 2.89 bits per heavy atom. The summed E-state index contributed by atoms with van der Waals surface area (Å²) < 4.78 is 5.39. The molecular formula is C14H18BrN3. The highest BCUT2D eigenvalue weighted by Crippen LogP contribution is 2.29. The van der Waals surface area contributed by atoms with Crippen LogP contribution < -0.4 is 4.34 Å². The molecule has 1 heterocycles. The Balaban J connectivity index is 1.91. The average Bonchev–Trinajstić information content (AvgIpc) is 2.83. The summed E-state index contributed by atoms with van der Waals surface area (Å²) in [5.41, 5.74) is 3.37. The molecule has 1 fully saturated rings. The van der Waals surface area contributed by atoms with Gasteiger partial charge in [0.05, 0.1) is 23.0 Å². The van der Waals surface area contributed by atoms with E-state index in [1.807, 2.05) is 12.4 Å². The van der Waals surface area contributed by atoms with Gasteiger partial charge in [-0.25, -0.2) is 4.98 Å². The standard InChI is InChI=1S/C14H18BrN3/c15-17-13-8-4-7-12-14(13)18(10-16-12)9-11-5-2-1-3-6-11/h4,7-8,10-11,17H,1-3,5-6,9H2. The number of fused-ring (bicyclic) bond motifs is 1. The highest BCUT2D eigenvalue weighted by atomic mass is 79.9. The maximum atomic E-state index is 4.49. The predicted molar refractivity (Wildman–Crippen MR) is 78.9 cm³/mol. The van der Waals surface area contributed by atoms with Crippen molar-refractivity contribution in [2.24, 2.45) is 5.92 Å². The third-order valence-electron chi connectivity index (χ3n) is 3.92. The van der Waals surface area contributed by atoms with Crippen molar-refractivity contribution in [3.63, 3.8) is 0 Å². The van der Waals surface area contributed by atoms with Gasteiger partial charge < -0.3 is 8.91 Å². The normalized spacial score (nSPS) is 17.2. The lowest BCUT2D eigenvalue weighted by Gasteiger charge is -2.22. The minimum Gasteiger partial charge on any atom is -0.329 e. The predicted octanol–water partition coefficient (Wildman–Crippen LogP) is 4.34. The molecule has 0 amide bonds. The van der Waals surface area contributed by atoms with Crippen molar-refractivity contribution in [1.82, 2.24) is 9.55 Å². The number of halogens is 1. The Bertz CT molecular complexity index is 529. The fourth-order valence-electron chi connectivity index (χ4n) is 2.99. The maximum absolute atomic E-state index is 4.49. The number of hydrogen-bond acceptors (Lipinski definition) is 2. The first-order valence-electron chi connectivity index (χ1n) is 6.69. The van der Waals surface area contributed by atoms with Gasteiger partial charge in [0, 0.05) is 22.7 Å². The summed E-state index contributed by atoms with van der Waals surface area (Å²) in [5, 5.41) is 0. The molecule has 0 saturated heterocycles. The van der Waals surface area contributed by atoms with E-state index in [1.165, 1.54) is 37.6 Å². The summed E-state index contributed by atoms with van der Waals surface area (Å²) in [5.74, 6) is 0.819.